The van der Waals surface area contributed by atoms with E-state index < -0.39 is 0 Å². The molecule has 1 aromatic rings. The highest BCUT2D eigenvalue weighted by atomic mass is 32.2. The molecule has 0 aromatic carbocycles. The Hall–Kier alpha value is 0.220. The summed E-state index contributed by atoms with van der Waals surface area (Å²) < 4.78 is 11.7. The van der Waals surface area contributed by atoms with Crippen LogP contribution >= 0.6 is 81.9 Å². The van der Waals surface area contributed by atoms with Crippen LogP contribution in [0.4, 0.5) is 0 Å². The molecule has 33 heavy (non-hydrogen) atoms. The molecular weight excluding hydrogens is 553 g/mol. The summed E-state index contributed by atoms with van der Waals surface area (Å²) in [5.41, 5.74) is 0.910. The van der Waals surface area contributed by atoms with Crippen LogP contribution in [0.25, 0.3) is 0 Å². The first-order valence-electron chi connectivity index (χ1n) is 10.3. The van der Waals surface area contributed by atoms with Gasteiger partial charge in [0.1, 0.15) is 13.2 Å². The third-order valence-electron chi connectivity index (χ3n) is 4.46. The molecule has 3 heterocycles. The Bertz CT molecular complexity index is 789. The van der Waals surface area contributed by atoms with Crippen LogP contribution in [0.15, 0.2) is 44.9 Å². The smallest absolute Gasteiger partial charge is 0.333 e. The van der Waals surface area contributed by atoms with Gasteiger partial charge in [0, 0.05) is 65.2 Å². The van der Waals surface area contributed by atoms with E-state index in [4.69, 9.17) is 9.47 Å². The maximum Gasteiger partial charge on any atom is 0.333 e. The first kappa shape index (κ1) is 27.8. The fraction of sp³-hybridized carbons (Fsp3) is 0.545. The van der Waals surface area contributed by atoms with Gasteiger partial charge < -0.3 is 9.47 Å². The van der Waals surface area contributed by atoms with Crippen molar-refractivity contribution in [3.05, 3.63) is 35.1 Å². The van der Waals surface area contributed by atoms with E-state index in [0.717, 1.165) is 23.0 Å². The highest BCUT2D eigenvalue weighted by Crippen LogP contribution is 2.45. The summed E-state index contributed by atoms with van der Waals surface area (Å²) in [6, 6.07) is 0. The average Bonchev–Trinajstić information content (AvgIpc) is 3.53. The van der Waals surface area contributed by atoms with E-state index in [9.17, 15) is 9.59 Å². The summed E-state index contributed by atoms with van der Waals surface area (Å²) in [5.74, 6) is 3.54. The van der Waals surface area contributed by atoms with Gasteiger partial charge in [-0.05, 0) is 13.8 Å². The second-order valence-corrected chi connectivity index (χ2v) is 16.5. The Morgan fingerprint density at radius 1 is 0.879 bits per heavy atom. The lowest BCUT2D eigenvalue weighted by Crippen LogP contribution is -2.16. The number of thioether (sulfide) groups is 6. The van der Waals surface area contributed by atoms with Crippen molar-refractivity contribution < 1.29 is 19.1 Å². The van der Waals surface area contributed by atoms with Gasteiger partial charge in [0.05, 0.1) is 9.16 Å². The van der Waals surface area contributed by atoms with Gasteiger partial charge in [-0.3, -0.25) is 0 Å². The summed E-state index contributed by atoms with van der Waals surface area (Å²) in [6.45, 7) is 11.6. The van der Waals surface area contributed by atoms with Gasteiger partial charge in [0.15, 0.2) is 0 Å². The van der Waals surface area contributed by atoms with E-state index in [0.29, 0.717) is 44.0 Å². The Labute approximate surface area is 226 Å². The summed E-state index contributed by atoms with van der Waals surface area (Å²) in [7, 11) is 0. The van der Waals surface area contributed by atoms with Crippen LogP contribution in [-0.4, -0.2) is 67.8 Å². The van der Waals surface area contributed by atoms with Crippen LogP contribution in [-0.2, 0) is 19.1 Å². The van der Waals surface area contributed by atoms with Crippen LogP contribution in [0.3, 0.4) is 0 Å². The number of carbonyl (C=O) groups is 2. The minimum absolute atomic E-state index is 0.295. The maximum absolute atomic E-state index is 11.6. The Morgan fingerprint density at radius 2 is 1.30 bits per heavy atom. The normalized spacial score (nSPS) is 24.5. The molecule has 11 heteroatoms. The zero-order valence-corrected chi connectivity index (χ0v) is 24.3. The van der Waals surface area contributed by atoms with Gasteiger partial charge in [-0.1, -0.05) is 13.2 Å². The quantitative estimate of drug-likeness (QED) is 0.155. The zero-order chi connectivity index (χ0) is 23.8. The van der Waals surface area contributed by atoms with Gasteiger partial charge in [-0.15, -0.1) is 70.6 Å². The average molecular weight is 581 g/mol. The number of ether oxygens (including phenoxy) is 2. The van der Waals surface area contributed by atoms with Gasteiger partial charge in [0.2, 0.25) is 0 Å². The lowest BCUT2D eigenvalue weighted by molar-refractivity contribution is -0.139. The summed E-state index contributed by atoms with van der Waals surface area (Å²) in [5, 5.41) is 5.22. The second-order valence-electron chi connectivity index (χ2n) is 7.52. The zero-order valence-electron chi connectivity index (χ0n) is 18.6. The third kappa shape index (κ3) is 9.31. The van der Waals surface area contributed by atoms with Crippen molar-refractivity contribution in [2.45, 2.75) is 43.3 Å². The predicted molar refractivity (Wildman–Crippen MR) is 153 cm³/mol. The first-order valence-corrected chi connectivity index (χ1v) is 17.2. The Kier molecular flexibility index (Phi) is 11.9. The van der Waals surface area contributed by atoms with E-state index in [1.165, 1.54) is 9.79 Å². The molecule has 0 amide bonds. The van der Waals surface area contributed by atoms with E-state index in [1.54, 1.807) is 25.2 Å². The van der Waals surface area contributed by atoms with Crippen molar-refractivity contribution >= 4 is 93.8 Å². The van der Waals surface area contributed by atoms with Gasteiger partial charge in [0.25, 0.3) is 0 Å². The second kappa shape index (κ2) is 14.1. The molecule has 0 radical (unpaired) electrons. The van der Waals surface area contributed by atoms with E-state index >= 15 is 0 Å². The largest absolute Gasteiger partial charge is 0.461 e. The number of rotatable bonds is 12. The van der Waals surface area contributed by atoms with Gasteiger partial charge in [-0.2, -0.15) is 11.3 Å². The topological polar surface area (TPSA) is 52.6 Å². The van der Waals surface area contributed by atoms with Crippen molar-refractivity contribution in [2.24, 2.45) is 0 Å². The molecule has 4 nitrogen and oxygen atoms in total. The van der Waals surface area contributed by atoms with Crippen molar-refractivity contribution in [3.8, 4) is 0 Å². The molecule has 0 aliphatic carbocycles. The minimum atomic E-state index is -0.295. The molecule has 2 saturated heterocycles. The lowest BCUT2D eigenvalue weighted by atomic mass is 10.4. The molecule has 3 rings (SSSR count). The van der Waals surface area contributed by atoms with Crippen molar-refractivity contribution in [1.29, 1.82) is 0 Å². The van der Waals surface area contributed by atoms with Crippen LogP contribution < -0.4 is 0 Å². The number of carbonyl (C=O) groups excluding carboxylic acids is 2. The highest BCUT2D eigenvalue weighted by Gasteiger charge is 2.29. The molecule has 4 unspecified atom stereocenters. The number of hydrogen-bond donors (Lipinski definition) is 0. The van der Waals surface area contributed by atoms with Crippen LogP contribution in [0.5, 0.6) is 0 Å². The highest BCUT2D eigenvalue weighted by molar-refractivity contribution is 8.22. The predicted octanol–water partition coefficient (Wildman–Crippen LogP) is 6.52. The van der Waals surface area contributed by atoms with Gasteiger partial charge in [-0.25, -0.2) is 9.59 Å². The standard InChI is InChI=1S/C22H28O4S7/c1-13(2)21(23)25-5-15-7-30-19(32-15)11-28-17-9-27-10-18(17)29-12-20-31-8-16(33-20)6-26-22(24)14(3)4/h9-10,15-16,19-20H,1,3,5-8,11-12H2,2,4H3. The maximum atomic E-state index is 11.6. The molecule has 0 spiro atoms. The third-order valence-corrected chi connectivity index (χ3v) is 15.3. The van der Waals surface area contributed by atoms with Crippen molar-refractivity contribution in [1.82, 2.24) is 0 Å². The summed E-state index contributed by atoms with van der Waals surface area (Å²) in [4.78, 5) is 25.9. The fourth-order valence-electron chi connectivity index (χ4n) is 2.75. The van der Waals surface area contributed by atoms with Gasteiger partial charge >= 0.3 is 11.9 Å². The molecule has 0 bridgehead atoms. The number of hydrogen-bond acceptors (Lipinski definition) is 11. The molecule has 2 aliphatic heterocycles. The fourth-order valence-corrected chi connectivity index (χ4v) is 13.3. The van der Waals surface area contributed by atoms with E-state index in [2.05, 4.69) is 23.9 Å². The Balaban J connectivity index is 1.34. The van der Waals surface area contributed by atoms with Crippen LogP contribution in [0.1, 0.15) is 13.8 Å². The molecule has 182 valence electrons. The van der Waals surface area contributed by atoms with E-state index in [-0.39, 0.29) is 11.9 Å². The van der Waals surface area contributed by atoms with Crippen LogP contribution in [0, 0.1) is 0 Å². The SMILES string of the molecule is C=C(C)C(=O)OCC1CSC(CSc2cscc2SCC2SCC(COC(=O)C(=C)C)S2)S1. The number of esters is 2. The lowest BCUT2D eigenvalue weighted by Gasteiger charge is -2.12. The van der Waals surface area contributed by atoms with Crippen molar-refractivity contribution in [2.75, 3.05) is 36.2 Å². The molecule has 0 saturated carbocycles. The minimum Gasteiger partial charge on any atom is -0.461 e. The molecule has 2 fully saturated rings. The molecule has 4 atom stereocenters. The molecule has 1 aromatic heterocycles. The Morgan fingerprint density at radius 3 is 1.70 bits per heavy atom. The first-order chi connectivity index (χ1) is 15.8. The van der Waals surface area contributed by atoms with E-state index in [1.807, 2.05) is 70.6 Å². The molecule has 2 aliphatic rings. The number of thiophene rings is 1. The monoisotopic (exact) mass is 580 g/mol. The van der Waals surface area contributed by atoms with Crippen molar-refractivity contribution in [3.63, 3.8) is 0 Å². The summed E-state index contributed by atoms with van der Waals surface area (Å²) >= 11 is 13.4. The molecular formula is C22H28O4S7. The summed E-state index contributed by atoms with van der Waals surface area (Å²) in [6.07, 6.45) is 0. The molecule has 0 N–H and O–H groups in total. The van der Waals surface area contributed by atoms with Crippen LogP contribution in [0.2, 0.25) is 0 Å².